The van der Waals surface area contributed by atoms with Gasteiger partial charge in [0.25, 0.3) is 0 Å². The lowest BCUT2D eigenvalue weighted by Crippen LogP contribution is -2.43. The standard InChI is InChI=1S/C18H20N2O4S/c1-2-20-13-19-25(22,23)17-12-15(8-9-16(17)20)18(21)24-11-10-14-6-4-3-5-7-14/h3-9,12,19H,2,10-11,13H2,1H3. The van der Waals surface area contributed by atoms with E-state index in [0.717, 1.165) is 5.56 Å². The Bertz CT molecular complexity index is 866. The Kier molecular flexibility index (Phi) is 5.06. The van der Waals surface area contributed by atoms with Gasteiger partial charge >= 0.3 is 5.97 Å². The number of ether oxygens (including phenoxy) is 1. The number of carbonyl (C=O) groups excluding carboxylic acids is 1. The van der Waals surface area contributed by atoms with Crippen LogP contribution in [0.3, 0.4) is 0 Å². The Morgan fingerprint density at radius 1 is 1.20 bits per heavy atom. The summed E-state index contributed by atoms with van der Waals surface area (Å²) < 4.78 is 32.2. The van der Waals surface area contributed by atoms with Crippen molar-refractivity contribution in [1.82, 2.24) is 4.72 Å². The van der Waals surface area contributed by atoms with E-state index in [-0.39, 0.29) is 23.7 Å². The molecule has 2 aromatic carbocycles. The third-order valence-corrected chi connectivity index (χ3v) is 5.53. The second kappa shape index (κ2) is 7.25. The molecule has 0 saturated heterocycles. The summed E-state index contributed by atoms with van der Waals surface area (Å²) in [5.41, 5.74) is 1.91. The molecule has 7 heteroatoms. The Labute approximate surface area is 147 Å². The Hall–Kier alpha value is -2.38. The van der Waals surface area contributed by atoms with Crippen LogP contribution in [0.4, 0.5) is 5.69 Å². The first-order valence-corrected chi connectivity index (χ1v) is 9.59. The maximum Gasteiger partial charge on any atom is 0.338 e. The highest BCUT2D eigenvalue weighted by atomic mass is 32.2. The lowest BCUT2D eigenvalue weighted by atomic mass is 10.1. The number of benzene rings is 2. The number of sulfonamides is 1. The van der Waals surface area contributed by atoms with Crippen LogP contribution in [0.1, 0.15) is 22.8 Å². The molecule has 0 amide bonds. The van der Waals surface area contributed by atoms with Gasteiger partial charge in [-0.2, -0.15) is 4.72 Å². The number of nitrogens with one attached hydrogen (secondary N) is 1. The van der Waals surface area contributed by atoms with E-state index in [1.165, 1.54) is 6.07 Å². The second-order valence-corrected chi connectivity index (χ2v) is 7.45. The van der Waals surface area contributed by atoms with Crippen molar-refractivity contribution in [1.29, 1.82) is 0 Å². The molecule has 0 fully saturated rings. The largest absolute Gasteiger partial charge is 0.462 e. The molecule has 0 radical (unpaired) electrons. The summed E-state index contributed by atoms with van der Waals surface area (Å²) in [6.07, 6.45) is 0.612. The molecule has 132 valence electrons. The fraction of sp³-hybridized carbons (Fsp3) is 0.278. The average molecular weight is 360 g/mol. The highest BCUT2D eigenvalue weighted by molar-refractivity contribution is 7.89. The molecule has 1 aliphatic heterocycles. The molecule has 0 atom stereocenters. The van der Waals surface area contributed by atoms with Crippen LogP contribution in [0.2, 0.25) is 0 Å². The van der Waals surface area contributed by atoms with E-state index in [1.54, 1.807) is 12.1 Å². The lowest BCUT2D eigenvalue weighted by Gasteiger charge is -2.30. The summed E-state index contributed by atoms with van der Waals surface area (Å²) in [4.78, 5) is 14.2. The maximum atomic E-state index is 12.2. The van der Waals surface area contributed by atoms with Gasteiger partial charge in [0.2, 0.25) is 10.0 Å². The zero-order chi connectivity index (χ0) is 17.9. The number of esters is 1. The molecule has 0 aromatic heterocycles. The van der Waals surface area contributed by atoms with Crippen molar-refractivity contribution in [2.24, 2.45) is 0 Å². The Morgan fingerprint density at radius 2 is 1.96 bits per heavy atom. The molecular formula is C18H20N2O4S. The van der Waals surface area contributed by atoms with Crippen molar-refractivity contribution in [3.63, 3.8) is 0 Å². The van der Waals surface area contributed by atoms with E-state index >= 15 is 0 Å². The second-order valence-electron chi connectivity index (χ2n) is 5.72. The van der Waals surface area contributed by atoms with E-state index in [9.17, 15) is 13.2 Å². The Balaban J connectivity index is 1.73. The van der Waals surface area contributed by atoms with Gasteiger partial charge in [-0.15, -0.1) is 0 Å². The average Bonchev–Trinajstić information content (AvgIpc) is 2.62. The fourth-order valence-electron chi connectivity index (χ4n) is 2.72. The van der Waals surface area contributed by atoms with E-state index < -0.39 is 16.0 Å². The molecule has 0 aliphatic carbocycles. The predicted octanol–water partition coefficient (Wildman–Crippen LogP) is 2.16. The van der Waals surface area contributed by atoms with Crippen molar-refractivity contribution in [3.05, 3.63) is 59.7 Å². The van der Waals surface area contributed by atoms with Gasteiger partial charge in [-0.25, -0.2) is 13.2 Å². The minimum absolute atomic E-state index is 0.109. The van der Waals surface area contributed by atoms with Crippen molar-refractivity contribution < 1.29 is 17.9 Å². The molecule has 2 aromatic rings. The van der Waals surface area contributed by atoms with Crippen LogP contribution >= 0.6 is 0 Å². The van der Waals surface area contributed by atoms with Crippen molar-refractivity contribution in [2.75, 3.05) is 24.7 Å². The third-order valence-electron chi connectivity index (χ3n) is 4.12. The van der Waals surface area contributed by atoms with E-state index in [1.807, 2.05) is 42.2 Å². The highest BCUT2D eigenvalue weighted by Crippen LogP contribution is 2.29. The summed E-state index contributed by atoms with van der Waals surface area (Å²) in [7, 11) is -3.60. The van der Waals surface area contributed by atoms with Crippen molar-refractivity contribution in [3.8, 4) is 0 Å². The number of anilines is 1. The third kappa shape index (κ3) is 3.83. The van der Waals surface area contributed by atoms with Gasteiger partial charge in [-0.05, 0) is 30.7 Å². The molecule has 0 bridgehead atoms. The molecule has 0 unspecified atom stereocenters. The lowest BCUT2D eigenvalue weighted by molar-refractivity contribution is 0.0509. The molecule has 0 saturated carbocycles. The quantitative estimate of drug-likeness (QED) is 0.827. The SMILES string of the molecule is CCN1CNS(=O)(=O)c2cc(C(=O)OCCc3ccccc3)ccc21. The van der Waals surface area contributed by atoms with Gasteiger partial charge in [-0.1, -0.05) is 30.3 Å². The molecule has 1 N–H and O–H groups in total. The minimum atomic E-state index is -3.60. The molecule has 1 aliphatic rings. The summed E-state index contributed by atoms with van der Waals surface area (Å²) in [6.45, 7) is 3.07. The van der Waals surface area contributed by atoms with Gasteiger partial charge in [0, 0.05) is 13.0 Å². The zero-order valence-corrected chi connectivity index (χ0v) is 14.8. The Morgan fingerprint density at radius 3 is 2.68 bits per heavy atom. The minimum Gasteiger partial charge on any atom is -0.462 e. The molecule has 25 heavy (non-hydrogen) atoms. The van der Waals surface area contributed by atoms with E-state index in [4.69, 9.17) is 4.74 Å². The van der Waals surface area contributed by atoms with Crippen LogP contribution in [0.25, 0.3) is 0 Å². The van der Waals surface area contributed by atoms with Crippen LogP contribution in [0.15, 0.2) is 53.4 Å². The first-order valence-electron chi connectivity index (χ1n) is 8.11. The summed E-state index contributed by atoms with van der Waals surface area (Å²) in [6, 6.07) is 14.4. The fourth-order valence-corrected chi connectivity index (χ4v) is 3.95. The highest BCUT2D eigenvalue weighted by Gasteiger charge is 2.28. The van der Waals surface area contributed by atoms with Crippen LogP contribution in [0.5, 0.6) is 0 Å². The topological polar surface area (TPSA) is 75.7 Å². The molecular weight excluding hydrogens is 340 g/mol. The monoisotopic (exact) mass is 360 g/mol. The van der Waals surface area contributed by atoms with E-state index in [0.29, 0.717) is 18.7 Å². The number of hydrogen-bond acceptors (Lipinski definition) is 5. The summed E-state index contributed by atoms with van der Waals surface area (Å²) in [5, 5.41) is 0. The van der Waals surface area contributed by atoms with Gasteiger partial charge in [0.05, 0.1) is 24.5 Å². The van der Waals surface area contributed by atoms with Gasteiger partial charge in [0.15, 0.2) is 0 Å². The normalized spacial score (nSPS) is 15.5. The first-order chi connectivity index (χ1) is 12.0. The first kappa shape index (κ1) is 17.4. The van der Waals surface area contributed by atoms with Crippen LogP contribution in [-0.4, -0.2) is 34.2 Å². The smallest absolute Gasteiger partial charge is 0.338 e. The number of carbonyl (C=O) groups is 1. The zero-order valence-electron chi connectivity index (χ0n) is 13.9. The molecule has 0 spiro atoms. The predicted molar refractivity (Wildman–Crippen MR) is 95.1 cm³/mol. The molecule has 1 heterocycles. The number of rotatable bonds is 5. The number of nitrogens with zero attached hydrogens (tertiary/aromatic N) is 1. The van der Waals surface area contributed by atoms with E-state index in [2.05, 4.69) is 4.72 Å². The van der Waals surface area contributed by atoms with Gasteiger partial charge < -0.3 is 9.64 Å². The number of fused-ring (bicyclic) bond motifs is 1. The van der Waals surface area contributed by atoms with Crippen LogP contribution < -0.4 is 9.62 Å². The molecule has 6 nitrogen and oxygen atoms in total. The van der Waals surface area contributed by atoms with Gasteiger partial charge in [-0.3, -0.25) is 0 Å². The van der Waals surface area contributed by atoms with Gasteiger partial charge in [0.1, 0.15) is 4.90 Å². The summed E-state index contributed by atoms with van der Waals surface area (Å²) in [5.74, 6) is -0.525. The van der Waals surface area contributed by atoms with Crippen molar-refractivity contribution in [2.45, 2.75) is 18.2 Å². The summed E-state index contributed by atoms with van der Waals surface area (Å²) >= 11 is 0. The number of hydrogen-bond donors (Lipinski definition) is 1. The molecule has 3 rings (SSSR count). The maximum absolute atomic E-state index is 12.2. The van der Waals surface area contributed by atoms with Crippen LogP contribution in [-0.2, 0) is 21.2 Å². The van der Waals surface area contributed by atoms with Crippen molar-refractivity contribution >= 4 is 21.7 Å². The van der Waals surface area contributed by atoms with Crippen LogP contribution in [0, 0.1) is 0 Å².